The Bertz CT molecular complexity index is 978. The van der Waals surface area contributed by atoms with Crippen molar-refractivity contribution in [2.45, 2.75) is 55.6 Å². The molecular weight excluding hydrogens is 740 g/mol. The van der Waals surface area contributed by atoms with E-state index in [2.05, 4.69) is 77.6 Å². The van der Waals surface area contributed by atoms with E-state index in [1.807, 2.05) is 50.2 Å². The maximum atomic E-state index is 11.7. The molecule has 0 aromatic heterocycles. The number of alkyl halides is 2. The molecule has 2 aromatic rings. The van der Waals surface area contributed by atoms with Gasteiger partial charge in [0.1, 0.15) is 47.6 Å². The van der Waals surface area contributed by atoms with Gasteiger partial charge in [-0.2, -0.15) is 0 Å². The number of halogens is 4. The molecular formula is C27H32Br4O6. The van der Waals surface area contributed by atoms with Crippen LogP contribution in [-0.2, 0) is 24.5 Å². The van der Waals surface area contributed by atoms with Gasteiger partial charge in [0.2, 0.25) is 0 Å². The number of rotatable bonds is 14. The van der Waals surface area contributed by atoms with E-state index in [4.69, 9.17) is 18.9 Å². The van der Waals surface area contributed by atoms with Gasteiger partial charge in [-0.1, -0.05) is 71.7 Å². The highest BCUT2D eigenvalue weighted by atomic mass is 79.9. The standard InChI is InChI=1S/C27H32Br4O6/c1-5-19(28)25(32)36-13-11-34-23-9-7-17(15-21(23)30)27(3,4)18-8-10-24(22(31)16-18)35-12-14-37-26(33)20(29)6-2/h7-10,15-16,19-20H,5-6,11-14H2,1-4H3. The largest absolute Gasteiger partial charge is 0.489 e. The first-order valence-electron chi connectivity index (χ1n) is 12.0. The van der Waals surface area contributed by atoms with Crippen molar-refractivity contribution in [3.05, 3.63) is 56.5 Å². The minimum absolute atomic E-state index is 0.182. The molecule has 6 nitrogen and oxygen atoms in total. The summed E-state index contributed by atoms with van der Waals surface area (Å²) in [6.07, 6.45) is 1.34. The van der Waals surface area contributed by atoms with Gasteiger partial charge in [0.15, 0.2) is 0 Å². The summed E-state index contributed by atoms with van der Waals surface area (Å²) in [6.45, 7) is 9.00. The van der Waals surface area contributed by atoms with Crippen molar-refractivity contribution in [3.8, 4) is 11.5 Å². The number of ether oxygens (including phenoxy) is 4. The predicted molar refractivity (Wildman–Crippen MR) is 159 cm³/mol. The van der Waals surface area contributed by atoms with Gasteiger partial charge in [-0.05, 0) is 80.1 Å². The Morgan fingerprint density at radius 3 is 1.43 bits per heavy atom. The summed E-state index contributed by atoms with van der Waals surface area (Å²) < 4.78 is 23.6. The highest BCUT2D eigenvalue weighted by Gasteiger charge is 2.25. The van der Waals surface area contributed by atoms with Crippen molar-refractivity contribution < 1.29 is 28.5 Å². The lowest BCUT2D eigenvalue weighted by atomic mass is 9.78. The van der Waals surface area contributed by atoms with Crippen molar-refractivity contribution in [1.29, 1.82) is 0 Å². The average molecular weight is 772 g/mol. The summed E-state index contributed by atoms with van der Waals surface area (Å²) >= 11 is 13.8. The van der Waals surface area contributed by atoms with E-state index >= 15 is 0 Å². The van der Waals surface area contributed by atoms with Gasteiger partial charge in [-0.15, -0.1) is 0 Å². The monoisotopic (exact) mass is 768 g/mol. The Morgan fingerprint density at radius 2 is 1.11 bits per heavy atom. The molecule has 0 saturated carbocycles. The topological polar surface area (TPSA) is 71.1 Å². The maximum Gasteiger partial charge on any atom is 0.319 e. The van der Waals surface area contributed by atoms with E-state index in [0.29, 0.717) is 24.3 Å². The summed E-state index contributed by atoms with van der Waals surface area (Å²) in [5.74, 6) is 0.788. The van der Waals surface area contributed by atoms with Crippen molar-refractivity contribution in [2.75, 3.05) is 26.4 Å². The van der Waals surface area contributed by atoms with Crippen LogP contribution in [0, 0.1) is 0 Å². The molecule has 0 heterocycles. The van der Waals surface area contributed by atoms with Gasteiger partial charge in [-0.25, -0.2) is 0 Å². The van der Waals surface area contributed by atoms with E-state index in [0.717, 1.165) is 20.1 Å². The molecule has 0 aliphatic carbocycles. The average Bonchev–Trinajstić information content (AvgIpc) is 2.88. The number of carbonyl (C=O) groups excluding carboxylic acids is 2. The summed E-state index contributed by atoms with van der Waals surface area (Å²) in [5, 5.41) is 0. The quantitative estimate of drug-likeness (QED) is 0.111. The summed E-state index contributed by atoms with van der Waals surface area (Å²) in [7, 11) is 0. The van der Waals surface area contributed by atoms with E-state index in [9.17, 15) is 9.59 Å². The number of hydrogen-bond acceptors (Lipinski definition) is 6. The van der Waals surface area contributed by atoms with Crippen LogP contribution in [-0.4, -0.2) is 48.0 Å². The van der Waals surface area contributed by atoms with E-state index < -0.39 is 0 Å². The molecule has 2 rings (SSSR count). The first-order chi connectivity index (χ1) is 17.5. The Balaban J connectivity index is 1.97. The molecule has 10 heteroatoms. The minimum Gasteiger partial charge on any atom is -0.489 e. The fraction of sp³-hybridized carbons (Fsp3) is 0.481. The number of hydrogen-bond donors (Lipinski definition) is 0. The van der Waals surface area contributed by atoms with Crippen LogP contribution in [0.2, 0.25) is 0 Å². The highest BCUT2D eigenvalue weighted by Crippen LogP contribution is 2.38. The van der Waals surface area contributed by atoms with Gasteiger partial charge < -0.3 is 18.9 Å². The molecule has 0 fully saturated rings. The third kappa shape index (κ3) is 9.55. The molecule has 0 spiro atoms. The van der Waals surface area contributed by atoms with Crippen LogP contribution in [0.3, 0.4) is 0 Å². The Morgan fingerprint density at radius 1 is 0.730 bits per heavy atom. The first kappa shape index (κ1) is 32.1. The zero-order valence-electron chi connectivity index (χ0n) is 21.3. The Labute approximate surface area is 252 Å². The molecule has 2 aromatic carbocycles. The van der Waals surface area contributed by atoms with Crippen molar-refractivity contribution in [2.24, 2.45) is 0 Å². The van der Waals surface area contributed by atoms with Crippen LogP contribution in [0.4, 0.5) is 0 Å². The number of carbonyl (C=O) groups is 2. The lowest BCUT2D eigenvalue weighted by molar-refractivity contribution is -0.144. The third-order valence-corrected chi connectivity index (χ3v) is 8.99. The van der Waals surface area contributed by atoms with Crippen LogP contribution in [0.15, 0.2) is 45.3 Å². The molecule has 0 aliphatic rings. The second-order valence-electron chi connectivity index (χ2n) is 8.70. The van der Waals surface area contributed by atoms with Crippen LogP contribution < -0.4 is 9.47 Å². The van der Waals surface area contributed by atoms with Crippen molar-refractivity contribution >= 4 is 75.7 Å². The SMILES string of the molecule is CCC(Br)C(=O)OCCOc1ccc(C(C)(C)c2ccc(OCCOC(=O)C(Br)CC)c(Br)c2)cc1Br. The zero-order chi connectivity index (χ0) is 27.6. The Kier molecular flexibility index (Phi) is 13.4. The van der Waals surface area contributed by atoms with Crippen LogP contribution >= 0.6 is 63.7 Å². The second-order valence-corrected chi connectivity index (χ2v) is 12.6. The Hall–Kier alpha value is -1.10. The van der Waals surface area contributed by atoms with Gasteiger partial charge in [0.05, 0.1) is 8.95 Å². The predicted octanol–water partition coefficient (Wildman–Crippen LogP) is 7.73. The zero-order valence-corrected chi connectivity index (χ0v) is 27.7. The van der Waals surface area contributed by atoms with Gasteiger partial charge in [-0.3, -0.25) is 9.59 Å². The van der Waals surface area contributed by atoms with Crippen LogP contribution in [0.25, 0.3) is 0 Å². The van der Waals surface area contributed by atoms with Crippen LogP contribution in [0.5, 0.6) is 11.5 Å². The molecule has 0 bridgehead atoms. The minimum atomic E-state index is -0.302. The summed E-state index contributed by atoms with van der Waals surface area (Å²) in [4.78, 5) is 22.9. The molecule has 0 saturated heterocycles. The normalized spacial score (nSPS) is 13.0. The molecule has 204 valence electrons. The fourth-order valence-electron chi connectivity index (χ4n) is 3.28. The van der Waals surface area contributed by atoms with Crippen molar-refractivity contribution in [1.82, 2.24) is 0 Å². The first-order valence-corrected chi connectivity index (χ1v) is 15.4. The molecule has 0 amide bonds. The van der Waals surface area contributed by atoms with Crippen LogP contribution in [0.1, 0.15) is 51.7 Å². The fourth-order valence-corrected chi connectivity index (χ4v) is 4.53. The highest BCUT2D eigenvalue weighted by molar-refractivity contribution is 9.11. The molecule has 0 radical (unpaired) electrons. The van der Waals surface area contributed by atoms with E-state index in [1.54, 1.807) is 0 Å². The summed E-state index contributed by atoms with van der Waals surface area (Å²) in [5.41, 5.74) is 1.88. The molecule has 2 atom stereocenters. The molecule has 0 N–H and O–H groups in total. The van der Waals surface area contributed by atoms with E-state index in [1.165, 1.54) is 0 Å². The molecule has 37 heavy (non-hydrogen) atoms. The lowest BCUT2D eigenvalue weighted by Crippen LogP contribution is -2.20. The third-order valence-electron chi connectivity index (χ3n) is 5.71. The maximum absolute atomic E-state index is 11.7. The number of esters is 2. The molecule has 2 unspecified atom stereocenters. The lowest BCUT2D eigenvalue weighted by Gasteiger charge is -2.27. The van der Waals surface area contributed by atoms with Gasteiger partial charge >= 0.3 is 11.9 Å². The van der Waals surface area contributed by atoms with Gasteiger partial charge in [0, 0.05) is 5.41 Å². The number of benzene rings is 2. The smallest absolute Gasteiger partial charge is 0.319 e. The molecule has 0 aliphatic heterocycles. The van der Waals surface area contributed by atoms with Gasteiger partial charge in [0.25, 0.3) is 0 Å². The van der Waals surface area contributed by atoms with E-state index in [-0.39, 0.29) is 53.4 Å². The summed E-state index contributed by atoms with van der Waals surface area (Å²) in [6, 6.07) is 11.9. The van der Waals surface area contributed by atoms with Crippen molar-refractivity contribution in [3.63, 3.8) is 0 Å². The second kappa shape index (κ2) is 15.5.